The van der Waals surface area contributed by atoms with Gasteiger partial charge >= 0.3 is 0 Å². The van der Waals surface area contributed by atoms with E-state index in [1.165, 1.54) is 11.1 Å². The smallest absolute Gasteiger partial charge is 0.167 e. The largest absolute Gasteiger partial charge is 0.314 e. The van der Waals surface area contributed by atoms with Crippen LogP contribution >= 0.6 is 15.9 Å². The van der Waals surface area contributed by atoms with Crippen molar-refractivity contribution in [2.24, 2.45) is 0 Å². The average Bonchev–Trinajstić information content (AvgIpc) is 2.78. The molecule has 3 aromatic rings. The Bertz CT molecular complexity index is 817. The van der Waals surface area contributed by atoms with E-state index in [-0.39, 0.29) is 0 Å². The number of rotatable bonds is 2. The number of aromatic nitrogens is 1. The first-order valence-electron chi connectivity index (χ1n) is 6.43. The molecule has 2 aromatic heterocycles. The van der Waals surface area contributed by atoms with Crippen LogP contribution in [0.15, 0.2) is 47.1 Å². The van der Waals surface area contributed by atoms with E-state index in [1.54, 1.807) is 0 Å². The summed E-state index contributed by atoms with van der Waals surface area (Å²) in [6.07, 6.45) is 2.87. The second-order valence-corrected chi connectivity index (χ2v) is 5.90. The van der Waals surface area contributed by atoms with E-state index in [1.807, 2.05) is 28.8 Å². The van der Waals surface area contributed by atoms with Gasteiger partial charge in [-0.05, 0) is 49.2 Å². The lowest BCUT2D eigenvalue weighted by Gasteiger charge is -2.05. The van der Waals surface area contributed by atoms with Crippen molar-refractivity contribution >= 4 is 27.7 Å². The summed E-state index contributed by atoms with van der Waals surface area (Å²) in [5.41, 5.74) is 6.09. The molecule has 100 valence electrons. The van der Waals surface area contributed by atoms with E-state index in [2.05, 4.69) is 48.0 Å². The number of fused-ring (bicyclic) bond motifs is 1. The topological polar surface area (TPSA) is 21.5 Å². The predicted octanol–water partition coefficient (Wildman–Crippen LogP) is 4.80. The number of halogens is 1. The number of hydrogen-bond donors (Lipinski definition) is 0. The normalized spacial score (nSPS) is 10.9. The van der Waals surface area contributed by atoms with Crippen molar-refractivity contribution in [3.8, 4) is 11.1 Å². The van der Waals surface area contributed by atoms with Crippen molar-refractivity contribution in [3.05, 3.63) is 63.9 Å². The molecule has 0 amide bonds. The number of hydrogen-bond acceptors (Lipinski definition) is 1. The van der Waals surface area contributed by atoms with Crippen LogP contribution in [0.25, 0.3) is 16.6 Å². The van der Waals surface area contributed by atoms with Gasteiger partial charge in [0.2, 0.25) is 0 Å². The first-order valence-corrected chi connectivity index (χ1v) is 7.23. The maximum absolute atomic E-state index is 11.5. The maximum atomic E-state index is 11.5. The third-order valence-corrected chi connectivity index (χ3v) is 4.18. The van der Waals surface area contributed by atoms with Gasteiger partial charge in [0.05, 0.1) is 5.69 Å². The molecule has 2 heterocycles. The van der Waals surface area contributed by atoms with Gasteiger partial charge < -0.3 is 4.40 Å². The maximum Gasteiger partial charge on any atom is 0.167 e. The van der Waals surface area contributed by atoms with Crippen molar-refractivity contribution in [1.29, 1.82) is 0 Å². The highest BCUT2D eigenvalue weighted by Crippen LogP contribution is 2.33. The van der Waals surface area contributed by atoms with Gasteiger partial charge in [-0.15, -0.1) is 0 Å². The number of carbonyl (C=O) groups excluding carboxylic acids is 1. The Morgan fingerprint density at radius 1 is 1.00 bits per heavy atom. The summed E-state index contributed by atoms with van der Waals surface area (Å²) in [6, 6.07) is 12.3. The molecule has 0 aliphatic heterocycles. The van der Waals surface area contributed by atoms with Gasteiger partial charge in [0.1, 0.15) is 0 Å². The van der Waals surface area contributed by atoms with Crippen LogP contribution in [0.5, 0.6) is 0 Å². The van der Waals surface area contributed by atoms with Crippen LogP contribution in [0.4, 0.5) is 0 Å². The molecule has 0 N–H and O–H groups in total. The van der Waals surface area contributed by atoms with E-state index in [0.29, 0.717) is 5.69 Å². The molecule has 0 unspecified atom stereocenters. The summed E-state index contributed by atoms with van der Waals surface area (Å²) < 4.78 is 2.93. The van der Waals surface area contributed by atoms with Gasteiger partial charge in [0, 0.05) is 21.7 Å². The Morgan fingerprint density at radius 2 is 1.75 bits per heavy atom. The predicted molar refractivity (Wildman–Crippen MR) is 85.4 cm³/mol. The zero-order chi connectivity index (χ0) is 14.3. The molecule has 2 nitrogen and oxygen atoms in total. The van der Waals surface area contributed by atoms with Crippen LogP contribution in [-0.4, -0.2) is 10.7 Å². The van der Waals surface area contributed by atoms with Gasteiger partial charge in [-0.2, -0.15) is 0 Å². The van der Waals surface area contributed by atoms with Crippen LogP contribution in [-0.2, 0) is 0 Å². The van der Waals surface area contributed by atoms with E-state index >= 15 is 0 Å². The molecule has 0 radical (unpaired) electrons. The quantitative estimate of drug-likeness (QED) is 0.619. The van der Waals surface area contributed by atoms with Gasteiger partial charge in [-0.1, -0.05) is 33.6 Å². The van der Waals surface area contributed by atoms with Crippen molar-refractivity contribution in [1.82, 2.24) is 4.40 Å². The summed E-state index contributed by atoms with van der Waals surface area (Å²) >= 11 is 3.58. The van der Waals surface area contributed by atoms with Crippen LogP contribution in [0, 0.1) is 13.8 Å². The monoisotopic (exact) mass is 327 g/mol. The fourth-order valence-electron chi connectivity index (χ4n) is 2.49. The fraction of sp³-hybridized carbons (Fsp3) is 0.118. The van der Waals surface area contributed by atoms with Crippen molar-refractivity contribution in [3.63, 3.8) is 0 Å². The SMILES string of the molecule is Cc1ccc(Br)c(-c2cc3cc(C)ccn3c2C=O)c1. The third-order valence-electron chi connectivity index (χ3n) is 3.49. The fourth-order valence-corrected chi connectivity index (χ4v) is 2.95. The molecule has 0 atom stereocenters. The Hall–Kier alpha value is -1.87. The zero-order valence-corrected chi connectivity index (χ0v) is 12.9. The lowest BCUT2D eigenvalue weighted by molar-refractivity contribution is 0.111. The summed E-state index contributed by atoms with van der Waals surface area (Å²) in [5, 5.41) is 0. The lowest BCUT2D eigenvalue weighted by atomic mass is 10.0. The van der Waals surface area contributed by atoms with Crippen LogP contribution < -0.4 is 0 Å². The molecule has 0 fully saturated rings. The van der Waals surface area contributed by atoms with E-state index in [9.17, 15) is 4.79 Å². The van der Waals surface area contributed by atoms with E-state index in [0.717, 1.165) is 27.4 Å². The molecule has 1 aromatic carbocycles. The number of carbonyl (C=O) groups is 1. The van der Waals surface area contributed by atoms with E-state index < -0.39 is 0 Å². The molecule has 0 bridgehead atoms. The summed E-state index contributed by atoms with van der Waals surface area (Å²) in [7, 11) is 0. The molecule has 0 aliphatic carbocycles. The number of pyridine rings is 1. The Labute approximate surface area is 126 Å². The van der Waals surface area contributed by atoms with Crippen molar-refractivity contribution in [2.45, 2.75) is 13.8 Å². The molecule has 3 rings (SSSR count). The second-order valence-electron chi connectivity index (χ2n) is 5.04. The lowest BCUT2D eigenvalue weighted by Crippen LogP contribution is -1.93. The minimum atomic E-state index is 0.686. The van der Waals surface area contributed by atoms with Gasteiger partial charge in [-0.3, -0.25) is 4.79 Å². The number of aryl methyl sites for hydroxylation is 2. The van der Waals surface area contributed by atoms with Crippen molar-refractivity contribution in [2.75, 3.05) is 0 Å². The van der Waals surface area contributed by atoms with Gasteiger partial charge in [-0.25, -0.2) is 0 Å². The standard InChI is InChI=1S/C17H14BrNO/c1-11-3-4-16(18)14(8-11)15-9-13-7-12(2)5-6-19(13)17(15)10-20/h3-10H,1-2H3. The molecule has 3 heteroatoms. The minimum Gasteiger partial charge on any atom is -0.314 e. The Morgan fingerprint density at radius 3 is 2.50 bits per heavy atom. The highest BCUT2D eigenvalue weighted by Gasteiger charge is 2.14. The zero-order valence-electron chi connectivity index (χ0n) is 11.4. The third kappa shape index (κ3) is 2.08. The summed E-state index contributed by atoms with van der Waals surface area (Å²) in [4.78, 5) is 11.5. The molecule has 0 saturated heterocycles. The minimum absolute atomic E-state index is 0.686. The molecule has 0 spiro atoms. The number of benzene rings is 1. The molecule has 0 saturated carbocycles. The second kappa shape index (κ2) is 4.91. The molecular weight excluding hydrogens is 314 g/mol. The highest BCUT2D eigenvalue weighted by atomic mass is 79.9. The van der Waals surface area contributed by atoms with Gasteiger partial charge in [0.25, 0.3) is 0 Å². The van der Waals surface area contributed by atoms with Crippen molar-refractivity contribution < 1.29 is 4.79 Å². The molecular formula is C17H14BrNO. The number of aldehydes is 1. The summed E-state index contributed by atoms with van der Waals surface area (Å²) in [6.45, 7) is 4.10. The first kappa shape index (κ1) is 13.1. The van der Waals surface area contributed by atoms with Crippen LogP contribution in [0.2, 0.25) is 0 Å². The van der Waals surface area contributed by atoms with Crippen LogP contribution in [0.3, 0.4) is 0 Å². The Kier molecular flexibility index (Phi) is 3.22. The molecule has 0 aliphatic rings. The summed E-state index contributed by atoms with van der Waals surface area (Å²) in [5.74, 6) is 0. The molecule has 20 heavy (non-hydrogen) atoms. The van der Waals surface area contributed by atoms with Gasteiger partial charge in [0.15, 0.2) is 6.29 Å². The van der Waals surface area contributed by atoms with Crippen LogP contribution in [0.1, 0.15) is 21.6 Å². The first-order chi connectivity index (χ1) is 9.60. The number of nitrogens with zero attached hydrogens (tertiary/aromatic N) is 1. The average molecular weight is 328 g/mol. The Balaban J connectivity index is 2.35. The highest BCUT2D eigenvalue weighted by molar-refractivity contribution is 9.10. The van der Waals surface area contributed by atoms with E-state index in [4.69, 9.17) is 0 Å².